The molecule has 0 spiro atoms. The Morgan fingerprint density at radius 3 is 2.53 bits per heavy atom. The Hall–Kier alpha value is -0.810. The van der Waals surface area contributed by atoms with Crippen molar-refractivity contribution in [2.24, 2.45) is 4.99 Å². The van der Waals surface area contributed by atoms with Crippen LogP contribution in [0.1, 0.15) is 25.7 Å². The fraction of sp³-hybridized carbons (Fsp3) is 0.462. The average molecular weight is 307 g/mol. The number of halogens is 3. The molecule has 1 N–H and O–H groups in total. The summed E-state index contributed by atoms with van der Waals surface area (Å²) in [7, 11) is 0. The molecule has 1 aromatic rings. The zero-order valence-corrected chi connectivity index (χ0v) is 12.1. The second kappa shape index (κ2) is 8.38. The van der Waals surface area contributed by atoms with Crippen molar-refractivity contribution < 1.29 is 8.78 Å². The van der Waals surface area contributed by atoms with Crippen LogP contribution >= 0.6 is 24.2 Å². The minimum atomic E-state index is -2.37. The number of thioether (sulfide) groups is 1. The van der Waals surface area contributed by atoms with Crippen LogP contribution in [0.3, 0.4) is 0 Å². The lowest BCUT2D eigenvalue weighted by atomic mass is 10.2. The van der Waals surface area contributed by atoms with Crippen molar-refractivity contribution in [3.63, 3.8) is 0 Å². The molecule has 0 amide bonds. The van der Waals surface area contributed by atoms with E-state index in [4.69, 9.17) is 0 Å². The van der Waals surface area contributed by atoms with Gasteiger partial charge in [0.25, 0.3) is 5.76 Å². The molecular weight excluding hydrogens is 290 g/mol. The molecule has 2 rings (SSSR count). The van der Waals surface area contributed by atoms with Crippen LogP contribution in [0, 0.1) is 0 Å². The van der Waals surface area contributed by atoms with E-state index < -0.39 is 5.76 Å². The number of rotatable bonds is 3. The first-order valence-electron chi connectivity index (χ1n) is 6.09. The second-order valence-electron chi connectivity index (χ2n) is 4.17. The number of nitrogens with zero attached hydrogens (tertiary/aromatic N) is 1. The van der Waals surface area contributed by atoms with E-state index in [1.165, 1.54) is 6.42 Å². The minimum absolute atomic E-state index is 0. The molecule has 1 heterocycles. The molecule has 0 aromatic heterocycles. The topological polar surface area (TPSA) is 24.4 Å². The minimum Gasteiger partial charge on any atom is -0.344 e. The number of anilines is 1. The molecule has 2 nitrogen and oxygen atoms in total. The maximum Gasteiger partial charge on any atom is 0.288 e. The first-order valence-corrected chi connectivity index (χ1v) is 6.97. The van der Waals surface area contributed by atoms with E-state index in [9.17, 15) is 8.78 Å². The van der Waals surface area contributed by atoms with Gasteiger partial charge in [0.2, 0.25) is 0 Å². The molecule has 0 fully saturated rings. The highest BCUT2D eigenvalue weighted by atomic mass is 35.5. The van der Waals surface area contributed by atoms with E-state index in [0.717, 1.165) is 37.3 Å². The van der Waals surface area contributed by atoms with Crippen LogP contribution in [0.5, 0.6) is 0 Å². The van der Waals surface area contributed by atoms with Gasteiger partial charge in [0.1, 0.15) is 5.84 Å². The van der Waals surface area contributed by atoms with Crippen molar-refractivity contribution in [1.29, 1.82) is 0 Å². The Morgan fingerprint density at radius 2 is 1.84 bits per heavy atom. The number of hydrogen-bond acceptors (Lipinski definition) is 3. The molecule has 0 radical (unpaired) electrons. The molecule has 0 aliphatic carbocycles. The zero-order chi connectivity index (χ0) is 12.8. The molecule has 6 heteroatoms. The molecule has 0 atom stereocenters. The van der Waals surface area contributed by atoms with E-state index in [1.807, 2.05) is 12.1 Å². The molecular formula is C13H17ClF2N2S. The van der Waals surface area contributed by atoms with Crippen LogP contribution in [0.2, 0.25) is 0 Å². The summed E-state index contributed by atoms with van der Waals surface area (Å²) in [6.07, 6.45) is 4.49. The van der Waals surface area contributed by atoms with Crippen LogP contribution in [-0.4, -0.2) is 18.1 Å². The molecule has 1 aliphatic heterocycles. The van der Waals surface area contributed by atoms with Gasteiger partial charge in [-0.05, 0) is 37.1 Å². The third-order valence-corrected chi connectivity index (χ3v) is 3.46. The van der Waals surface area contributed by atoms with Gasteiger partial charge in [-0.15, -0.1) is 12.4 Å². The highest BCUT2D eigenvalue weighted by Crippen LogP contribution is 2.26. The summed E-state index contributed by atoms with van der Waals surface area (Å²) in [5.41, 5.74) is 0.911. The van der Waals surface area contributed by atoms with E-state index in [-0.39, 0.29) is 12.4 Å². The van der Waals surface area contributed by atoms with Crippen LogP contribution in [0.15, 0.2) is 34.2 Å². The second-order valence-corrected chi connectivity index (χ2v) is 5.23. The maximum atomic E-state index is 12.2. The molecule has 0 bridgehead atoms. The van der Waals surface area contributed by atoms with E-state index in [2.05, 4.69) is 10.3 Å². The van der Waals surface area contributed by atoms with Crippen LogP contribution in [0.25, 0.3) is 0 Å². The number of amidine groups is 1. The monoisotopic (exact) mass is 306 g/mol. The predicted octanol–water partition coefficient (Wildman–Crippen LogP) is 4.81. The summed E-state index contributed by atoms with van der Waals surface area (Å²) in [5.74, 6) is -1.36. The summed E-state index contributed by atoms with van der Waals surface area (Å²) in [6.45, 7) is 0.877. The maximum absolute atomic E-state index is 12.2. The Morgan fingerprint density at radius 1 is 1.11 bits per heavy atom. The van der Waals surface area contributed by atoms with Crippen molar-refractivity contribution in [3.8, 4) is 0 Å². The van der Waals surface area contributed by atoms with Gasteiger partial charge >= 0.3 is 0 Å². The van der Waals surface area contributed by atoms with Crippen molar-refractivity contribution in [3.05, 3.63) is 24.3 Å². The van der Waals surface area contributed by atoms with E-state index >= 15 is 0 Å². The van der Waals surface area contributed by atoms with Crippen molar-refractivity contribution in [2.75, 3.05) is 11.9 Å². The Balaban J connectivity index is 0.00000180. The quantitative estimate of drug-likeness (QED) is 0.811. The Labute approximate surface area is 122 Å². The van der Waals surface area contributed by atoms with E-state index in [1.54, 1.807) is 12.1 Å². The van der Waals surface area contributed by atoms with Gasteiger partial charge in [-0.25, -0.2) is 0 Å². The molecule has 0 saturated heterocycles. The Kier molecular flexibility index (Phi) is 7.16. The third kappa shape index (κ3) is 5.78. The summed E-state index contributed by atoms with van der Waals surface area (Å²) in [6, 6.07) is 7.04. The first-order chi connectivity index (χ1) is 8.74. The lowest BCUT2D eigenvalue weighted by molar-refractivity contribution is 0.252. The molecule has 0 saturated carbocycles. The Bertz CT molecular complexity index is 410. The van der Waals surface area contributed by atoms with E-state index in [0.29, 0.717) is 16.7 Å². The van der Waals surface area contributed by atoms with Gasteiger partial charge in [-0.3, -0.25) is 4.99 Å². The number of hydrogen-bond donors (Lipinski definition) is 1. The summed E-state index contributed by atoms with van der Waals surface area (Å²) in [5, 5.41) is 3.25. The lowest BCUT2D eigenvalue weighted by Gasteiger charge is -2.09. The SMILES string of the molecule is Cl.FC(F)Sc1ccc(NC2=NCCCCC2)cc1. The fourth-order valence-electron chi connectivity index (χ4n) is 1.86. The van der Waals surface area contributed by atoms with Gasteiger partial charge in [0.15, 0.2) is 0 Å². The number of nitrogens with one attached hydrogen (secondary N) is 1. The van der Waals surface area contributed by atoms with Crippen LogP contribution in [0.4, 0.5) is 14.5 Å². The lowest BCUT2D eigenvalue weighted by Crippen LogP contribution is -2.11. The molecule has 1 aliphatic rings. The smallest absolute Gasteiger partial charge is 0.288 e. The van der Waals surface area contributed by atoms with Crippen molar-refractivity contribution in [2.45, 2.75) is 36.3 Å². The number of benzene rings is 1. The van der Waals surface area contributed by atoms with Crippen LogP contribution < -0.4 is 5.32 Å². The van der Waals surface area contributed by atoms with Gasteiger partial charge in [0.05, 0.1) is 0 Å². The first kappa shape index (κ1) is 16.2. The summed E-state index contributed by atoms with van der Waals surface area (Å²) < 4.78 is 24.3. The summed E-state index contributed by atoms with van der Waals surface area (Å²) >= 11 is 0.565. The zero-order valence-electron chi connectivity index (χ0n) is 10.4. The van der Waals surface area contributed by atoms with Gasteiger partial charge in [-0.2, -0.15) is 8.78 Å². The standard InChI is InChI=1S/C13H16F2N2S.ClH/c14-13(15)18-11-7-5-10(6-8-11)17-12-4-2-1-3-9-16-12;/h5-8,13H,1-4,9H2,(H,16,17);1H. The predicted molar refractivity (Wildman–Crippen MR) is 79.9 cm³/mol. The largest absolute Gasteiger partial charge is 0.344 e. The normalized spacial score (nSPS) is 15.4. The van der Waals surface area contributed by atoms with Crippen molar-refractivity contribution in [1.82, 2.24) is 0 Å². The van der Waals surface area contributed by atoms with Crippen LogP contribution in [-0.2, 0) is 0 Å². The summed E-state index contributed by atoms with van der Waals surface area (Å²) in [4.78, 5) is 5.05. The van der Waals surface area contributed by atoms with Crippen molar-refractivity contribution >= 4 is 35.7 Å². The van der Waals surface area contributed by atoms with Gasteiger partial charge < -0.3 is 5.32 Å². The number of aliphatic imine (C=N–C) groups is 1. The number of alkyl halides is 2. The highest BCUT2D eigenvalue weighted by molar-refractivity contribution is 7.99. The average Bonchev–Trinajstić information content (AvgIpc) is 2.60. The molecule has 106 valence electrons. The van der Waals surface area contributed by atoms with Gasteiger partial charge in [0, 0.05) is 23.5 Å². The third-order valence-electron chi connectivity index (χ3n) is 2.74. The highest BCUT2D eigenvalue weighted by Gasteiger charge is 2.06. The molecule has 0 unspecified atom stereocenters. The molecule has 1 aromatic carbocycles. The fourth-order valence-corrected chi connectivity index (χ4v) is 2.36. The molecule has 19 heavy (non-hydrogen) atoms. The van der Waals surface area contributed by atoms with Gasteiger partial charge in [-0.1, -0.05) is 18.2 Å².